The van der Waals surface area contributed by atoms with Gasteiger partial charge in [0.15, 0.2) is 0 Å². The number of piperidine rings is 1. The van der Waals surface area contributed by atoms with E-state index in [1.165, 1.54) is 17.4 Å². The number of thiophene rings is 1. The summed E-state index contributed by atoms with van der Waals surface area (Å²) >= 11 is 1.20. The smallest absolute Gasteiger partial charge is 0.252 e. The minimum absolute atomic E-state index is 0.361. The Bertz CT molecular complexity index is 459. The zero-order valence-electron chi connectivity index (χ0n) is 9.22. The molecule has 16 heavy (non-hydrogen) atoms. The van der Waals surface area contributed by atoms with Gasteiger partial charge in [-0.25, -0.2) is 8.42 Å². The van der Waals surface area contributed by atoms with Crippen LogP contribution in [0.4, 0.5) is 5.69 Å². The molecule has 4 nitrogen and oxygen atoms in total. The average molecular weight is 260 g/mol. The van der Waals surface area contributed by atoms with Gasteiger partial charge in [-0.15, -0.1) is 11.3 Å². The summed E-state index contributed by atoms with van der Waals surface area (Å²) in [7, 11) is -3.29. The molecule has 90 valence electrons. The lowest BCUT2D eigenvalue weighted by Crippen LogP contribution is -2.37. The zero-order valence-corrected chi connectivity index (χ0v) is 10.9. The lowest BCUT2D eigenvalue weighted by atomic mass is 10.0. The number of nitrogens with zero attached hydrogens (tertiary/aromatic N) is 1. The van der Waals surface area contributed by atoms with E-state index in [-0.39, 0.29) is 0 Å². The third kappa shape index (κ3) is 2.23. The van der Waals surface area contributed by atoms with Crippen molar-refractivity contribution >= 4 is 27.0 Å². The molecule has 0 radical (unpaired) electrons. The van der Waals surface area contributed by atoms with Gasteiger partial charge in [-0.2, -0.15) is 4.31 Å². The SMILES string of the molecule is CC1CCN(S(=O)(=O)c2cc(N)cs2)CC1. The summed E-state index contributed by atoms with van der Waals surface area (Å²) in [6.45, 7) is 3.41. The number of sulfonamides is 1. The van der Waals surface area contributed by atoms with E-state index in [1.807, 2.05) is 0 Å². The Hall–Kier alpha value is -0.590. The van der Waals surface area contributed by atoms with Crippen molar-refractivity contribution in [3.8, 4) is 0 Å². The highest BCUT2D eigenvalue weighted by Crippen LogP contribution is 2.28. The lowest BCUT2D eigenvalue weighted by Gasteiger charge is -2.28. The predicted molar refractivity (Wildman–Crippen MR) is 65.9 cm³/mol. The molecular weight excluding hydrogens is 244 g/mol. The lowest BCUT2D eigenvalue weighted by molar-refractivity contribution is 0.288. The highest BCUT2D eigenvalue weighted by atomic mass is 32.2. The summed E-state index contributed by atoms with van der Waals surface area (Å²) in [4.78, 5) is 0. The van der Waals surface area contributed by atoms with Crippen LogP contribution in [0.5, 0.6) is 0 Å². The second kappa shape index (κ2) is 4.35. The van der Waals surface area contributed by atoms with E-state index in [0.717, 1.165) is 12.8 Å². The summed E-state index contributed by atoms with van der Waals surface area (Å²) in [6.07, 6.45) is 1.89. The first-order valence-electron chi connectivity index (χ1n) is 5.34. The monoisotopic (exact) mass is 260 g/mol. The van der Waals surface area contributed by atoms with Crippen LogP contribution in [0.2, 0.25) is 0 Å². The van der Waals surface area contributed by atoms with E-state index in [9.17, 15) is 8.42 Å². The van der Waals surface area contributed by atoms with E-state index >= 15 is 0 Å². The highest BCUT2D eigenvalue weighted by molar-refractivity contribution is 7.91. The molecule has 1 aromatic heterocycles. The minimum Gasteiger partial charge on any atom is -0.398 e. The zero-order chi connectivity index (χ0) is 11.8. The largest absolute Gasteiger partial charge is 0.398 e. The Morgan fingerprint density at radius 2 is 2.06 bits per heavy atom. The van der Waals surface area contributed by atoms with Gasteiger partial charge in [0.05, 0.1) is 0 Å². The molecule has 0 unspecified atom stereocenters. The van der Waals surface area contributed by atoms with Gasteiger partial charge < -0.3 is 5.73 Å². The van der Waals surface area contributed by atoms with Crippen molar-refractivity contribution in [2.24, 2.45) is 5.92 Å². The first kappa shape index (κ1) is 11.9. The maximum absolute atomic E-state index is 12.2. The van der Waals surface area contributed by atoms with Gasteiger partial charge in [-0.05, 0) is 24.8 Å². The van der Waals surface area contributed by atoms with Crippen LogP contribution in [0.25, 0.3) is 0 Å². The second-order valence-corrected chi connectivity index (χ2v) is 7.36. The van der Waals surface area contributed by atoms with Crippen molar-refractivity contribution < 1.29 is 8.42 Å². The second-order valence-electron chi connectivity index (χ2n) is 4.29. The van der Waals surface area contributed by atoms with Crippen LogP contribution in [0.15, 0.2) is 15.7 Å². The summed E-state index contributed by atoms with van der Waals surface area (Å²) in [5.74, 6) is 0.625. The predicted octanol–water partition coefficient (Wildman–Crippen LogP) is 1.75. The van der Waals surface area contributed by atoms with Crippen LogP contribution < -0.4 is 5.73 Å². The normalized spacial score (nSPS) is 20.1. The number of hydrogen-bond donors (Lipinski definition) is 1. The van der Waals surface area contributed by atoms with Crippen molar-refractivity contribution in [3.05, 3.63) is 11.4 Å². The molecule has 1 aliphatic heterocycles. The Kier molecular flexibility index (Phi) is 3.23. The topological polar surface area (TPSA) is 63.4 Å². The molecule has 0 amide bonds. The summed E-state index contributed by atoms with van der Waals surface area (Å²) in [5, 5.41) is 1.67. The first-order chi connectivity index (χ1) is 7.50. The van der Waals surface area contributed by atoms with Crippen LogP contribution in [-0.2, 0) is 10.0 Å². The maximum atomic E-state index is 12.2. The van der Waals surface area contributed by atoms with Gasteiger partial charge in [0.2, 0.25) is 0 Å². The number of anilines is 1. The Labute approximate surface area is 100 Å². The van der Waals surface area contributed by atoms with Gasteiger partial charge >= 0.3 is 0 Å². The molecule has 2 rings (SSSR count). The molecule has 0 atom stereocenters. The van der Waals surface area contributed by atoms with Crippen LogP contribution in [0.3, 0.4) is 0 Å². The minimum atomic E-state index is -3.29. The Morgan fingerprint density at radius 1 is 1.44 bits per heavy atom. The van der Waals surface area contributed by atoms with Crippen LogP contribution in [0, 0.1) is 5.92 Å². The molecule has 0 aromatic carbocycles. The third-order valence-electron chi connectivity index (χ3n) is 2.93. The molecule has 0 bridgehead atoms. The molecule has 0 spiro atoms. The van der Waals surface area contributed by atoms with Crippen LogP contribution in [0.1, 0.15) is 19.8 Å². The standard InChI is InChI=1S/C10H16N2O2S2/c1-8-2-4-12(5-3-8)16(13,14)10-6-9(11)7-15-10/h6-8H,2-5,11H2,1H3. The van der Waals surface area contributed by atoms with E-state index in [4.69, 9.17) is 5.73 Å². The molecule has 1 saturated heterocycles. The van der Waals surface area contributed by atoms with Crippen LogP contribution in [-0.4, -0.2) is 25.8 Å². The molecular formula is C10H16N2O2S2. The fourth-order valence-electron chi connectivity index (χ4n) is 1.82. The molecule has 1 fully saturated rings. The van der Waals surface area contributed by atoms with Crippen molar-refractivity contribution in [2.45, 2.75) is 24.0 Å². The Morgan fingerprint density at radius 3 is 2.56 bits per heavy atom. The fourth-order valence-corrected chi connectivity index (χ4v) is 4.52. The van der Waals surface area contributed by atoms with Crippen molar-refractivity contribution in [2.75, 3.05) is 18.8 Å². The van der Waals surface area contributed by atoms with E-state index in [0.29, 0.717) is 28.9 Å². The molecule has 1 aliphatic rings. The molecule has 0 saturated carbocycles. The number of rotatable bonds is 2. The molecule has 1 aromatic rings. The van der Waals surface area contributed by atoms with Gasteiger partial charge in [0.1, 0.15) is 4.21 Å². The van der Waals surface area contributed by atoms with E-state index < -0.39 is 10.0 Å². The molecule has 2 N–H and O–H groups in total. The van der Waals surface area contributed by atoms with Gasteiger partial charge in [0.25, 0.3) is 10.0 Å². The third-order valence-corrected chi connectivity index (χ3v) is 6.26. The Balaban J connectivity index is 2.20. The van der Waals surface area contributed by atoms with Gasteiger partial charge in [0, 0.05) is 24.2 Å². The van der Waals surface area contributed by atoms with Gasteiger partial charge in [-0.1, -0.05) is 6.92 Å². The summed E-state index contributed by atoms with van der Waals surface area (Å²) in [6, 6.07) is 1.54. The fraction of sp³-hybridized carbons (Fsp3) is 0.600. The van der Waals surface area contributed by atoms with E-state index in [2.05, 4.69) is 6.92 Å². The summed E-state index contributed by atoms with van der Waals surface area (Å²) in [5.41, 5.74) is 6.08. The van der Waals surface area contributed by atoms with Crippen molar-refractivity contribution in [1.82, 2.24) is 4.31 Å². The quantitative estimate of drug-likeness (QED) is 0.881. The highest BCUT2D eigenvalue weighted by Gasteiger charge is 2.28. The molecule has 0 aliphatic carbocycles. The van der Waals surface area contributed by atoms with Crippen molar-refractivity contribution in [1.29, 1.82) is 0 Å². The maximum Gasteiger partial charge on any atom is 0.252 e. The molecule has 6 heteroatoms. The number of nitrogen functional groups attached to an aromatic ring is 1. The first-order valence-corrected chi connectivity index (χ1v) is 7.66. The van der Waals surface area contributed by atoms with Crippen molar-refractivity contribution in [3.63, 3.8) is 0 Å². The van der Waals surface area contributed by atoms with Crippen LogP contribution >= 0.6 is 11.3 Å². The summed E-state index contributed by atoms with van der Waals surface area (Å²) < 4.78 is 26.3. The van der Waals surface area contributed by atoms with Gasteiger partial charge in [-0.3, -0.25) is 0 Å². The van der Waals surface area contributed by atoms with E-state index in [1.54, 1.807) is 9.69 Å². The number of nitrogens with two attached hydrogens (primary N) is 1. The number of hydrogen-bond acceptors (Lipinski definition) is 4. The average Bonchev–Trinajstić information content (AvgIpc) is 2.66. The molecule has 2 heterocycles.